The minimum absolute atomic E-state index is 0. The van der Waals surface area contributed by atoms with E-state index >= 15 is 0 Å². The molecule has 0 atom stereocenters. The summed E-state index contributed by atoms with van der Waals surface area (Å²) in [7, 11) is -1.61. The van der Waals surface area contributed by atoms with Gasteiger partial charge in [0.05, 0.1) is 18.4 Å². The zero-order chi connectivity index (χ0) is 20.9. The zero-order valence-electron chi connectivity index (χ0n) is 16.6. The molecule has 6 nitrogen and oxygen atoms in total. The van der Waals surface area contributed by atoms with E-state index < -0.39 is 27.3 Å². The first-order valence-corrected chi connectivity index (χ1v) is 10.3. The lowest BCUT2D eigenvalue weighted by Crippen LogP contribution is -2.46. The SMILES string of the molecule is CCNC(=NCC(C)(C)NS(C)(=O)=O)N(C)Cc1ccc(C(F)(F)F)cc1.I. The number of halogens is 4. The fraction of sp³-hybridized carbons (Fsp3) is 0.588. The maximum Gasteiger partial charge on any atom is 0.416 e. The highest BCUT2D eigenvalue weighted by molar-refractivity contribution is 14.0. The summed E-state index contributed by atoms with van der Waals surface area (Å²) in [5.41, 5.74) is -0.767. The molecule has 0 saturated carbocycles. The van der Waals surface area contributed by atoms with E-state index in [9.17, 15) is 21.6 Å². The Kier molecular flexibility index (Phi) is 10.2. The Bertz CT molecular complexity index is 751. The van der Waals surface area contributed by atoms with Gasteiger partial charge in [-0.3, -0.25) is 4.99 Å². The van der Waals surface area contributed by atoms with Crippen molar-refractivity contribution in [3.05, 3.63) is 35.4 Å². The molecule has 0 aliphatic carbocycles. The third-order valence-corrected chi connectivity index (χ3v) is 4.41. The summed E-state index contributed by atoms with van der Waals surface area (Å²) >= 11 is 0. The Balaban J connectivity index is 0.00000729. The van der Waals surface area contributed by atoms with E-state index in [4.69, 9.17) is 0 Å². The lowest BCUT2D eigenvalue weighted by Gasteiger charge is -2.26. The van der Waals surface area contributed by atoms with E-state index in [0.29, 0.717) is 24.6 Å². The maximum atomic E-state index is 12.7. The molecular weight excluding hydrogens is 508 g/mol. The Morgan fingerprint density at radius 3 is 2.14 bits per heavy atom. The number of nitrogens with zero attached hydrogens (tertiary/aromatic N) is 2. The average molecular weight is 536 g/mol. The van der Waals surface area contributed by atoms with Gasteiger partial charge in [0.25, 0.3) is 0 Å². The molecule has 1 aromatic carbocycles. The van der Waals surface area contributed by atoms with Crippen LogP contribution in [0.25, 0.3) is 0 Å². The second-order valence-electron chi connectivity index (χ2n) is 6.98. The molecule has 1 rings (SSSR count). The van der Waals surface area contributed by atoms with Crippen LogP contribution in [0.1, 0.15) is 31.9 Å². The number of hydrogen-bond donors (Lipinski definition) is 2. The molecule has 0 unspecified atom stereocenters. The van der Waals surface area contributed by atoms with Crippen LogP contribution in [0.15, 0.2) is 29.3 Å². The second-order valence-corrected chi connectivity index (χ2v) is 8.73. The zero-order valence-corrected chi connectivity index (χ0v) is 19.7. The number of guanidine groups is 1. The number of sulfonamides is 1. The molecule has 0 saturated heterocycles. The van der Waals surface area contributed by atoms with Crippen molar-refractivity contribution in [3.8, 4) is 0 Å². The molecule has 0 spiro atoms. The Hall–Kier alpha value is -1.08. The molecule has 0 fully saturated rings. The van der Waals surface area contributed by atoms with Gasteiger partial charge in [-0.2, -0.15) is 13.2 Å². The van der Waals surface area contributed by atoms with Gasteiger partial charge in [0.15, 0.2) is 5.96 Å². The highest BCUT2D eigenvalue weighted by atomic mass is 127. The summed E-state index contributed by atoms with van der Waals surface area (Å²) in [6.45, 7) is 6.47. The smallest absolute Gasteiger partial charge is 0.357 e. The van der Waals surface area contributed by atoms with Crippen LogP contribution in [0.4, 0.5) is 13.2 Å². The third-order valence-electron chi connectivity index (χ3n) is 3.48. The highest BCUT2D eigenvalue weighted by Crippen LogP contribution is 2.29. The normalized spacial score (nSPS) is 13.1. The van der Waals surface area contributed by atoms with Gasteiger partial charge in [-0.1, -0.05) is 12.1 Å². The van der Waals surface area contributed by atoms with Crippen LogP contribution in [0.3, 0.4) is 0 Å². The molecular formula is C17H28F3IN4O2S. The fourth-order valence-electron chi connectivity index (χ4n) is 2.42. The quantitative estimate of drug-likeness (QED) is 0.319. The molecule has 2 N–H and O–H groups in total. The summed E-state index contributed by atoms with van der Waals surface area (Å²) < 4.78 is 63.3. The number of aliphatic imine (C=N–C) groups is 1. The Morgan fingerprint density at radius 1 is 1.18 bits per heavy atom. The van der Waals surface area contributed by atoms with E-state index in [1.54, 1.807) is 25.8 Å². The molecule has 0 bridgehead atoms. The van der Waals surface area contributed by atoms with Crippen molar-refractivity contribution in [2.75, 3.05) is 26.4 Å². The van der Waals surface area contributed by atoms with E-state index in [-0.39, 0.29) is 30.5 Å². The molecule has 1 aromatic rings. The lowest BCUT2D eigenvalue weighted by molar-refractivity contribution is -0.137. The van der Waals surface area contributed by atoms with Crippen LogP contribution in [0.2, 0.25) is 0 Å². The van der Waals surface area contributed by atoms with E-state index in [2.05, 4.69) is 15.0 Å². The fourth-order valence-corrected chi connectivity index (χ4v) is 3.49. The summed E-state index contributed by atoms with van der Waals surface area (Å²) in [6, 6.07) is 4.95. The monoisotopic (exact) mass is 536 g/mol. The number of hydrogen-bond acceptors (Lipinski definition) is 3. The van der Waals surface area contributed by atoms with Crippen molar-refractivity contribution in [3.63, 3.8) is 0 Å². The van der Waals surface area contributed by atoms with Crippen LogP contribution in [0.5, 0.6) is 0 Å². The predicted molar refractivity (Wildman–Crippen MR) is 116 cm³/mol. The van der Waals surface area contributed by atoms with Crippen molar-refractivity contribution in [2.24, 2.45) is 4.99 Å². The van der Waals surface area contributed by atoms with Gasteiger partial charge in [0.1, 0.15) is 0 Å². The first kappa shape index (κ1) is 26.9. The summed E-state index contributed by atoms with van der Waals surface area (Å²) in [5.74, 6) is 0.528. The van der Waals surface area contributed by atoms with E-state index in [0.717, 1.165) is 18.4 Å². The third kappa shape index (κ3) is 9.92. The molecule has 0 aliphatic rings. The topological polar surface area (TPSA) is 73.8 Å². The largest absolute Gasteiger partial charge is 0.416 e. The van der Waals surface area contributed by atoms with Gasteiger partial charge in [-0.25, -0.2) is 13.1 Å². The first-order chi connectivity index (χ1) is 12.2. The van der Waals surface area contributed by atoms with Crippen molar-refractivity contribution < 1.29 is 21.6 Å². The molecule has 162 valence electrons. The molecule has 11 heteroatoms. The summed E-state index contributed by atoms with van der Waals surface area (Å²) in [5, 5.41) is 3.09. The van der Waals surface area contributed by atoms with Gasteiger partial charge in [-0.05, 0) is 38.5 Å². The molecule has 28 heavy (non-hydrogen) atoms. The highest BCUT2D eigenvalue weighted by Gasteiger charge is 2.30. The van der Waals surface area contributed by atoms with Crippen LogP contribution >= 0.6 is 24.0 Å². The van der Waals surface area contributed by atoms with Crippen molar-refractivity contribution in [1.29, 1.82) is 0 Å². The van der Waals surface area contributed by atoms with E-state index in [1.165, 1.54) is 12.1 Å². The molecule has 0 aromatic heterocycles. The van der Waals surface area contributed by atoms with Crippen LogP contribution in [-0.4, -0.2) is 51.2 Å². The Labute approximate surface area is 182 Å². The van der Waals surface area contributed by atoms with Gasteiger partial charge >= 0.3 is 6.18 Å². The predicted octanol–water partition coefficient (Wildman–Crippen LogP) is 3.05. The van der Waals surface area contributed by atoms with Crippen LogP contribution in [0, 0.1) is 0 Å². The lowest BCUT2D eigenvalue weighted by atomic mass is 10.1. The maximum absolute atomic E-state index is 12.7. The number of rotatable bonds is 7. The molecule has 0 radical (unpaired) electrons. The number of benzene rings is 1. The van der Waals surface area contributed by atoms with Gasteiger partial charge in [-0.15, -0.1) is 24.0 Å². The number of alkyl halides is 3. The van der Waals surface area contributed by atoms with Crippen molar-refractivity contribution in [1.82, 2.24) is 14.9 Å². The molecule has 0 aliphatic heterocycles. The first-order valence-electron chi connectivity index (χ1n) is 8.38. The van der Waals surface area contributed by atoms with Gasteiger partial charge in [0, 0.05) is 25.7 Å². The summed E-state index contributed by atoms with van der Waals surface area (Å²) in [4.78, 5) is 6.21. The van der Waals surface area contributed by atoms with Gasteiger partial charge < -0.3 is 10.2 Å². The molecule has 0 heterocycles. The standard InChI is InChI=1S/C17H27F3N4O2S.HI/c1-6-21-15(22-12-16(2,3)23-27(5,25)26)24(4)11-13-7-9-14(10-8-13)17(18,19)20;/h7-10,23H,6,11-12H2,1-5H3,(H,21,22);1H. The van der Waals surface area contributed by atoms with Gasteiger partial charge in [0.2, 0.25) is 10.0 Å². The average Bonchev–Trinajstić information content (AvgIpc) is 2.48. The molecule has 0 amide bonds. The Morgan fingerprint density at radius 2 is 1.71 bits per heavy atom. The number of nitrogens with one attached hydrogen (secondary N) is 2. The second kappa shape index (κ2) is 10.6. The minimum atomic E-state index is -4.36. The van der Waals surface area contributed by atoms with Crippen LogP contribution < -0.4 is 10.0 Å². The van der Waals surface area contributed by atoms with Crippen molar-refractivity contribution >= 4 is 40.0 Å². The van der Waals surface area contributed by atoms with E-state index in [1.807, 2.05) is 6.92 Å². The minimum Gasteiger partial charge on any atom is -0.357 e. The van der Waals surface area contributed by atoms with Crippen molar-refractivity contribution in [2.45, 2.75) is 39.0 Å². The summed E-state index contributed by atoms with van der Waals surface area (Å²) in [6.07, 6.45) is -3.28. The van der Waals surface area contributed by atoms with Crippen LogP contribution in [-0.2, 0) is 22.7 Å².